The molecule has 0 bridgehead atoms. The van der Waals surface area contributed by atoms with E-state index >= 15 is 0 Å². The van der Waals surface area contributed by atoms with Crippen molar-refractivity contribution in [3.63, 3.8) is 0 Å². The van der Waals surface area contributed by atoms with Crippen molar-refractivity contribution >= 4 is 11.9 Å². The van der Waals surface area contributed by atoms with Gasteiger partial charge in [-0.05, 0) is 12.8 Å². The Morgan fingerprint density at radius 3 is 2.80 bits per heavy atom. The lowest BCUT2D eigenvalue weighted by Gasteiger charge is -2.09. The minimum atomic E-state index is -0.371. The summed E-state index contributed by atoms with van der Waals surface area (Å²) in [7, 11) is 0. The monoisotopic (exact) mass is 142 g/mol. The van der Waals surface area contributed by atoms with Crippen molar-refractivity contribution in [3.8, 4) is 0 Å². The average molecular weight is 142 g/mol. The molecule has 10 heavy (non-hydrogen) atoms. The second-order valence-corrected chi connectivity index (χ2v) is 2.26. The third kappa shape index (κ3) is 2.05. The second kappa shape index (κ2) is 3.20. The van der Waals surface area contributed by atoms with Crippen molar-refractivity contribution in [1.29, 1.82) is 0 Å². The molecule has 0 radical (unpaired) electrons. The number of amides is 3. The van der Waals surface area contributed by atoms with Gasteiger partial charge in [0.15, 0.2) is 0 Å². The Kier molecular flexibility index (Phi) is 2.25. The molecule has 0 aliphatic carbocycles. The van der Waals surface area contributed by atoms with Crippen molar-refractivity contribution in [2.75, 3.05) is 6.54 Å². The van der Waals surface area contributed by atoms with Crippen LogP contribution >= 0.6 is 0 Å². The largest absolute Gasteiger partial charge is 0.338 e. The SMILES string of the molecule is O=C1CCCCNC(=O)N1. The lowest BCUT2D eigenvalue weighted by Crippen LogP contribution is -2.41. The maximum atomic E-state index is 10.7. The number of urea groups is 1. The van der Waals surface area contributed by atoms with E-state index < -0.39 is 0 Å². The molecule has 0 atom stereocenters. The molecule has 0 saturated carbocycles. The second-order valence-electron chi connectivity index (χ2n) is 2.26. The molecule has 2 N–H and O–H groups in total. The molecule has 0 aromatic heterocycles. The minimum absolute atomic E-state index is 0.183. The van der Waals surface area contributed by atoms with Crippen molar-refractivity contribution in [2.45, 2.75) is 19.3 Å². The van der Waals surface area contributed by atoms with Crippen LogP contribution in [-0.4, -0.2) is 18.5 Å². The summed E-state index contributed by atoms with van der Waals surface area (Å²) in [5, 5.41) is 4.74. The molecule has 0 spiro atoms. The van der Waals surface area contributed by atoms with Crippen LogP contribution in [-0.2, 0) is 4.79 Å². The Hall–Kier alpha value is -1.06. The Balaban J connectivity index is 2.40. The van der Waals surface area contributed by atoms with Gasteiger partial charge in [-0.15, -0.1) is 0 Å². The van der Waals surface area contributed by atoms with Crippen molar-refractivity contribution < 1.29 is 9.59 Å². The quantitative estimate of drug-likeness (QED) is 0.500. The van der Waals surface area contributed by atoms with E-state index in [-0.39, 0.29) is 11.9 Å². The highest BCUT2D eigenvalue weighted by Crippen LogP contribution is 1.95. The molecule has 4 heteroatoms. The molecule has 1 heterocycles. The predicted molar refractivity (Wildman–Crippen MR) is 35.4 cm³/mol. The highest BCUT2D eigenvalue weighted by atomic mass is 16.2. The fraction of sp³-hybridized carbons (Fsp3) is 0.667. The molecule has 3 amide bonds. The lowest BCUT2D eigenvalue weighted by atomic mass is 10.2. The van der Waals surface area contributed by atoms with Crippen LogP contribution in [0, 0.1) is 0 Å². The van der Waals surface area contributed by atoms with Gasteiger partial charge < -0.3 is 5.32 Å². The smallest absolute Gasteiger partial charge is 0.321 e. The molecule has 56 valence electrons. The van der Waals surface area contributed by atoms with Crippen LogP contribution in [0.4, 0.5) is 4.79 Å². The first-order valence-corrected chi connectivity index (χ1v) is 3.37. The molecule has 1 aliphatic rings. The van der Waals surface area contributed by atoms with Crippen LogP contribution in [0.3, 0.4) is 0 Å². The first-order valence-electron chi connectivity index (χ1n) is 3.37. The van der Waals surface area contributed by atoms with Crippen molar-refractivity contribution in [1.82, 2.24) is 10.6 Å². The van der Waals surface area contributed by atoms with Gasteiger partial charge in [0.25, 0.3) is 0 Å². The summed E-state index contributed by atoms with van der Waals surface area (Å²) >= 11 is 0. The standard InChI is InChI=1S/C6H10N2O2/c9-5-3-1-2-4-7-6(10)8-5/h1-4H2,(H2,7,8,9,10). The Labute approximate surface area is 59.0 Å². The minimum Gasteiger partial charge on any atom is -0.338 e. The van der Waals surface area contributed by atoms with Gasteiger partial charge in [0.1, 0.15) is 0 Å². The molecule has 0 unspecified atom stereocenters. The number of imide groups is 1. The van der Waals surface area contributed by atoms with E-state index in [2.05, 4.69) is 10.6 Å². The summed E-state index contributed by atoms with van der Waals surface area (Å²) in [5.74, 6) is -0.183. The van der Waals surface area contributed by atoms with E-state index in [0.29, 0.717) is 13.0 Å². The van der Waals surface area contributed by atoms with E-state index in [1.807, 2.05) is 0 Å². The fourth-order valence-corrected chi connectivity index (χ4v) is 0.846. The first kappa shape index (κ1) is 7.05. The third-order valence-corrected chi connectivity index (χ3v) is 1.37. The number of rotatable bonds is 0. The number of hydrogen-bond donors (Lipinski definition) is 2. The van der Waals surface area contributed by atoms with Gasteiger partial charge in [0.05, 0.1) is 0 Å². The number of hydrogen-bond acceptors (Lipinski definition) is 2. The van der Waals surface area contributed by atoms with Gasteiger partial charge in [-0.1, -0.05) is 0 Å². The zero-order valence-corrected chi connectivity index (χ0v) is 5.64. The van der Waals surface area contributed by atoms with E-state index in [9.17, 15) is 9.59 Å². The average Bonchev–Trinajstić information content (AvgIpc) is 1.83. The van der Waals surface area contributed by atoms with Gasteiger partial charge in [-0.2, -0.15) is 0 Å². The van der Waals surface area contributed by atoms with Crippen LogP contribution < -0.4 is 10.6 Å². The van der Waals surface area contributed by atoms with Crippen LogP contribution in [0.1, 0.15) is 19.3 Å². The molecular formula is C6H10N2O2. The van der Waals surface area contributed by atoms with E-state index in [0.717, 1.165) is 12.8 Å². The Bertz CT molecular complexity index is 140. The molecular weight excluding hydrogens is 132 g/mol. The molecule has 4 nitrogen and oxygen atoms in total. The normalized spacial score (nSPS) is 20.4. The van der Waals surface area contributed by atoms with Gasteiger partial charge in [0.2, 0.25) is 5.91 Å². The first-order chi connectivity index (χ1) is 4.79. The maximum Gasteiger partial charge on any atom is 0.321 e. The van der Waals surface area contributed by atoms with Crippen LogP contribution in [0.25, 0.3) is 0 Å². The topological polar surface area (TPSA) is 58.2 Å². The van der Waals surface area contributed by atoms with E-state index in [1.54, 1.807) is 0 Å². The number of carbonyl (C=O) groups excluding carboxylic acids is 2. The summed E-state index contributed by atoms with van der Waals surface area (Å²) in [4.78, 5) is 21.3. The van der Waals surface area contributed by atoms with Crippen molar-refractivity contribution in [2.24, 2.45) is 0 Å². The summed E-state index contributed by atoms with van der Waals surface area (Å²) < 4.78 is 0. The molecule has 1 fully saturated rings. The highest BCUT2D eigenvalue weighted by molar-refractivity contribution is 5.94. The van der Waals surface area contributed by atoms with Gasteiger partial charge in [-0.3, -0.25) is 10.1 Å². The van der Waals surface area contributed by atoms with E-state index in [4.69, 9.17) is 0 Å². The summed E-state index contributed by atoms with van der Waals surface area (Å²) in [6.45, 7) is 0.666. The summed E-state index contributed by atoms with van der Waals surface area (Å²) in [6, 6.07) is -0.371. The van der Waals surface area contributed by atoms with Gasteiger partial charge in [0, 0.05) is 13.0 Å². The Morgan fingerprint density at radius 1 is 1.20 bits per heavy atom. The molecule has 1 saturated heterocycles. The molecule has 1 rings (SSSR count). The number of carbonyl (C=O) groups is 2. The zero-order valence-electron chi connectivity index (χ0n) is 5.64. The van der Waals surface area contributed by atoms with E-state index in [1.165, 1.54) is 0 Å². The summed E-state index contributed by atoms with van der Waals surface area (Å²) in [6.07, 6.45) is 2.21. The fourth-order valence-electron chi connectivity index (χ4n) is 0.846. The Morgan fingerprint density at radius 2 is 2.00 bits per heavy atom. The lowest BCUT2D eigenvalue weighted by molar-refractivity contribution is -0.120. The maximum absolute atomic E-state index is 10.7. The third-order valence-electron chi connectivity index (χ3n) is 1.37. The summed E-state index contributed by atoms with van der Waals surface area (Å²) in [5.41, 5.74) is 0. The molecule has 0 aromatic rings. The molecule has 1 aliphatic heterocycles. The van der Waals surface area contributed by atoms with Crippen LogP contribution in [0.15, 0.2) is 0 Å². The van der Waals surface area contributed by atoms with Crippen LogP contribution in [0.5, 0.6) is 0 Å². The van der Waals surface area contributed by atoms with Crippen LogP contribution in [0.2, 0.25) is 0 Å². The zero-order chi connectivity index (χ0) is 7.40. The van der Waals surface area contributed by atoms with Gasteiger partial charge in [-0.25, -0.2) is 4.79 Å². The number of nitrogens with one attached hydrogen (secondary N) is 2. The predicted octanol–water partition coefficient (Wildman–Crippen LogP) is -0.00390. The molecule has 0 aromatic carbocycles. The van der Waals surface area contributed by atoms with Crippen molar-refractivity contribution in [3.05, 3.63) is 0 Å². The van der Waals surface area contributed by atoms with Gasteiger partial charge >= 0.3 is 6.03 Å². The highest BCUT2D eigenvalue weighted by Gasteiger charge is 2.09.